The van der Waals surface area contributed by atoms with Crippen LogP contribution in [0.2, 0.25) is 0 Å². The van der Waals surface area contributed by atoms with Crippen molar-refractivity contribution in [2.24, 2.45) is 0 Å². The summed E-state index contributed by atoms with van der Waals surface area (Å²) in [6.45, 7) is -0.250. The Labute approximate surface area is 48.3 Å². The molecule has 2 N–H and O–H groups in total. The third-order valence-electron chi connectivity index (χ3n) is 0.1000. The average molecular weight is 184 g/mol. The second kappa shape index (κ2) is 8.83. The van der Waals surface area contributed by atoms with Gasteiger partial charge in [-0.2, -0.15) is 0 Å². The van der Waals surface area contributed by atoms with Crippen LogP contribution in [0.15, 0.2) is 0 Å². The van der Waals surface area contributed by atoms with E-state index < -0.39 is 0 Å². The molecule has 0 saturated heterocycles. The smallest absolute Gasteiger partial charge is 0.394 e. The van der Waals surface area contributed by atoms with E-state index in [1.165, 1.54) is 0 Å². The minimum atomic E-state index is -0.125. The normalized spacial score (nSPS) is 6.00. The fraction of sp³-hybridized carbons (Fsp3) is 1.00. The van der Waals surface area contributed by atoms with Crippen LogP contribution in [0.4, 0.5) is 0 Å². The summed E-state index contributed by atoms with van der Waals surface area (Å²) in [6, 6.07) is 0. The first-order valence-electron chi connectivity index (χ1n) is 1.13. The zero-order valence-corrected chi connectivity index (χ0v) is 5.31. The molecule has 28 valence electrons. The molecule has 0 atom stereocenters. The van der Waals surface area contributed by atoms with Crippen molar-refractivity contribution < 1.29 is 10.2 Å². The number of rotatable bonds is 1. The molecule has 0 aliphatic rings. The summed E-state index contributed by atoms with van der Waals surface area (Å²) < 4.78 is 0. The van der Waals surface area contributed by atoms with Gasteiger partial charge in [-0.3, -0.25) is 0 Å². The van der Waals surface area contributed by atoms with Crippen molar-refractivity contribution >= 4 is 24.4 Å². The Bertz CT molecular complexity index is 9.61. The molecule has 0 aromatic heterocycles. The van der Waals surface area contributed by atoms with Crippen molar-refractivity contribution in [3.8, 4) is 0 Å². The Kier molecular flexibility index (Phi) is 16.3. The summed E-state index contributed by atoms with van der Waals surface area (Å²) in [5.74, 6) is 0. The van der Waals surface area contributed by atoms with Crippen LogP contribution in [-0.2, 0) is 0 Å². The van der Waals surface area contributed by atoms with Gasteiger partial charge in [0.2, 0.25) is 0 Å². The largest absolute Gasteiger partial charge is 3.00 e. The predicted molar refractivity (Wildman–Crippen MR) is 19.9 cm³/mol. The zero-order valence-electron chi connectivity index (χ0n) is 2.76. The maximum atomic E-state index is 7.62. The SMILES string of the molecule is OCCO.[Sb+3]. The summed E-state index contributed by atoms with van der Waals surface area (Å²) >= 11 is 0. The van der Waals surface area contributed by atoms with Crippen molar-refractivity contribution in [1.29, 1.82) is 0 Å². The molecule has 0 bridgehead atoms. The van der Waals surface area contributed by atoms with E-state index in [1.54, 1.807) is 0 Å². The molecule has 2 radical (unpaired) electrons. The maximum absolute atomic E-state index is 7.62. The molecule has 0 rings (SSSR count). The van der Waals surface area contributed by atoms with Crippen molar-refractivity contribution in [2.45, 2.75) is 0 Å². The average Bonchev–Trinajstić information content (AvgIpc) is 1.37. The number of hydrogen-bond donors (Lipinski definition) is 2. The summed E-state index contributed by atoms with van der Waals surface area (Å²) in [6.07, 6.45) is 0. The van der Waals surface area contributed by atoms with Gasteiger partial charge in [0.15, 0.2) is 0 Å². The van der Waals surface area contributed by atoms with E-state index in [4.69, 9.17) is 10.2 Å². The number of hydrogen-bond acceptors (Lipinski definition) is 2. The summed E-state index contributed by atoms with van der Waals surface area (Å²) in [4.78, 5) is 0. The van der Waals surface area contributed by atoms with E-state index in [-0.39, 0.29) is 37.6 Å². The topological polar surface area (TPSA) is 40.5 Å². The molecule has 0 heterocycles. The van der Waals surface area contributed by atoms with Crippen molar-refractivity contribution in [1.82, 2.24) is 0 Å². The summed E-state index contributed by atoms with van der Waals surface area (Å²) in [7, 11) is 0. The van der Waals surface area contributed by atoms with Gasteiger partial charge in [-0.05, 0) is 0 Å². The molecule has 0 aromatic rings. The van der Waals surface area contributed by atoms with Crippen LogP contribution in [0, 0.1) is 0 Å². The van der Waals surface area contributed by atoms with Gasteiger partial charge in [-0.25, -0.2) is 0 Å². The molecular weight excluding hydrogens is 178 g/mol. The van der Waals surface area contributed by atoms with Gasteiger partial charge in [-0.15, -0.1) is 0 Å². The number of aliphatic hydroxyl groups is 2. The Morgan fingerprint density at radius 1 is 1.00 bits per heavy atom. The second-order valence-corrected chi connectivity index (χ2v) is 0.447. The molecule has 0 aliphatic heterocycles. The molecule has 0 saturated carbocycles. The van der Waals surface area contributed by atoms with Crippen LogP contribution in [-0.4, -0.2) is 47.9 Å². The molecular formula is C2H6O2Sb+3. The summed E-state index contributed by atoms with van der Waals surface area (Å²) in [5, 5.41) is 15.2. The van der Waals surface area contributed by atoms with Gasteiger partial charge >= 0.3 is 24.4 Å². The van der Waals surface area contributed by atoms with E-state index in [1.807, 2.05) is 0 Å². The molecule has 5 heavy (non-hydrogen) atoms. The third-order valence-corrected chi connectivity index (χ3v) is 0.1000. The van der Waals surface area contributed by atoms with Gasteiger partial charge < -0.3 is 10.2 Å². The Balaban J connectivity index is 0. The Hall–Kier alpha value is 0.738. The van der Waals surface area contributed by atoms with Crippen LogP contribution < -0.4 is 0 Å². The molecule has 0 aliphatic carbocycles. The van der Waals surface area contributed by atoms with Gasteiger partial charge in [-0.1, -0.05) is 0 Å². The third kappa shape index (κ3) is 11.8. The molecule has 0 spiro atoms. The van der Waals surface area contributed by atoms with Gasteiger partial charge in [0.25, 0.3) is 0 Å². The molecule has 0 unspecified atom stereocenters. The Morgan fingerprint density at radius 3 is 1.20 bits per heavy atom. The minimum absolute atomic E-state index is 0. The molecule has 0 aromatic carbocycles. The first-order valence-corrected chi connectivity index (χ1v) is 1.13. The van der Waals surface area contributed by atoms with Gasteiger partial charge in [0.05, 0.1) is 13.2 Å². The zero-order chi connectivity index (χ0) is 3.41. The van der Waals surface area contributed by atoms with Crippen LogP contribution in [0.3, 0.4) is 0 Å². The maximum Gasteiger partial charge on any atom is 3.00 e. The molecule has 2 nitrogen and oxygen atoms in total. The van der Waals surface area contributed by atoms with E-state index >= 15 is 0 Å². The van der Waals surface area contributed by atoms with Crippen LogP contribution in [0.25, 0.3) is 0 Å². The van der Waals surface area contributed by atoms with Crippen molar-refractivity contribution in [3.05, 3.63) is 0 Å². The van der Waals surface area contributed by atoms with Gasteiger partial charge in [0, 0.05) is 0 Å². The first-order chi connectivity index (χ1) is 1.91. The molecule has 0 fully saturated rings. The van der Waals surface area contributed by atoms with E-state index in [9.17, 15) is 0 Å². The fourth-order valence-corrected chi connectivity index (χ4v) is 0. The van der Waals surface area contributed by atoms with Crippen LogP contribution in [0.1, 0.15) is 0 Å². The molecule has 0 amide bonds. The number of aliphatic hydroxyl groups excluding tert-OH is 2. The van der Waals surface area contributed by atoms with E-state index in [0.717, 1.165) is 0 Å². The van der Waals surface area contributed by atoms with Crippen LogP contribution >= 0.6 is 0 Å². The predicted octanol–water partition coefficient (Wildman–Crippen LogP) is -1.41. The van der Waals surface area contributed by atoms with Crippen LogP contribution in [0.5, 0.6) is 0 Å². The quantitative estimate of drug-likeness (QED) is 0.491. The monoisotopic (exact) mass is 183 g/mol. The van der Waals surface area contributed by atoms with E-state index in [2.05, 4.69) is 0 Å². The Morgan fingerprint density at radius 2 is 1.20 bits per heavy atom. The van der Waals surface area contributed by atoms with E-state index in [0.29, 0.717) is 0 Å². The first kappa shape index (κ1) is 9.22. The minimum Gasteiger partial charge on any atom is -0.394 e. The van der Waals surface area contributed by atoms with Gasteiger partial charge in [0.1, 0.15) is 0 Å². The summed E-state index contributed by atoms with van der Waals surface area (Å²) in [5.41, 5.74) is 0. The van der Waals surface area contributed by atoms with Crippen molar-refractivity contribution in [2.75, 3.05) is 13.2 Å². The molecule has 3 heteroatoms. The van der Waals surface area contributed by atoms with Crippen molar-refractivity contribution in [3.63, 3.8) is 0 Å². The standard InChI is InChI=1S/C2H6O2.Sb/c3-1-2-4;/h3-4H,1-2H2;/q;+3. The second-order valence-electron chi connectivity index (χ2n) is 0.447. The fourth-order valence-electron chi connectivity index (χ4n) is 0.